The Kier molecular flexibility index (Phi) is 8.17. The minimum atomic E-state index is 0.310. The average molecular weight is 144 g/mol. The van der Waals surface area contributed by atoms with Gasteiger partial charge in [-0.25, -0.2) is 0 Å². The standard InChI is InChI=1S/C6H14N3O/c7-1-2-8-3-4-9-5-6-10/h8-9H,1-5,7H2. The van der Waals surface area contributed by atoms with E-state index in [4.69, 9.17) is 5.73 Å². The third-order valence-corrected chi connectivity index (χ3v) is 0.997. The lowest BCUT2D eigenvalue weighted by molar-refractivity contribution is 0.546. The van der Waals surface area contributed by atoms with Crippen LogP contribution in [0.25, 0.3) is 0 Å². The van der Waals surface area contributed by atoms with E-state index in [1.807, 2.05) is 0 Å². The molecule has 0 bridgehead atoms. The third-order valence-electron chi connectivity index (χ3n) is 0.997. The van der Waals surface area contributed by atoms with Gasteiger partial charge in [-0.05, 0) is 0 Å². The molecule has 0 unspecified atom stereocenters. The molecule has 10 heavy (non-hydrogen) atoms. The molecule has 4 heteroatoms. The largest absolute Gasteiger partial charge is 0.329 e. The SMILES string of the molecule is NCCNCCNC[C]=O. The van der Waals surface area contributed by atoms with E-state index < -0.39 is 0 Å². The Balaban J connectivity index is 2.70. The molecule has 4 N–H and O–H groups in total. The predicted octanol–water partition coefficient (Wildman–Crippen LogP) is -1.77. The first kappa shape index (κ1) is 9.55. The molecule has 4 nitrogen and oxygen atoms in total. The summed E-state index contributed by atoms with van der Waals surface area (Å²) >= 11 is 0. The highest BCUT2D eigenvalue weighted by atomic mass is 16.1. The van der Waals surface area contributed by atoms with Gasteiger partial charge in [-0.15, -0.1) is 0 Å². The third kappa shape index (κ3) is 7.55. The van der Waals surface area contributed by atoms with Crippen molar-refractivity contribution >= 4 is 6.29 Å². The van der Waals surface area contributed by atoms with E-state index >= 15 is 0 Å². The Labute approximate surface area is 61.2 Å². The van der Waals surface area contributed by atoms with Crippen LogP contribution in [0.3, 0.4) is 0 Å². The zero-order valence-electron chi connectivity index (χ0n) is 6.02. The van der Waals surface area contributed by atoms with Gasteiger partial charge in [0.05, 0.1) is 6.54 Å². The lowest BCUT2D eigenvalue weighted by Crippen LogP contribution is -2.31. The maximum Gasteiger partial charge on any atom is 0.213 e. The lowest BCUT2D eigenvalue weighted by Gasteiger charge is -2.01. The van der Waals surface area contributed by atoms with Crippen LogP contribution in [0.2, 0.25) is 0 Å². The summed E-state index contributed by atoms with van der Waals surface area (Å²) in [5, 5.41) is 5.94. The maximum atomic E-state index is 9.67. The molecule has 0 spiro atoms. The van der Waals surface area contributed by atoms with Gasteiger partial charge in [-0.1, -0.05) is 0 Å². The van der Waals surface area contributed by atoms with Crippen molar-refractivity contribution in [1.82, 2.24) is 10.6 Å². The van der Waals surface area contributed by atoms with Gasteiger partial charge in [0.2, 0.25) is 6.29 Å². The first-order valence-corrected chi connectivity index (χ1v) is 3.38. The predicted molar refractivity (Wildman–Crippen MR) is 40.5 cm³/mol. The molecule has 0 saturated heterocycles. The van der Waals surface area contributed by atoms with Crippen molar-refractivity contribution in [2.24, 2.45) is 5.73 Å². The van der Waals surface area contributed by atoms with E-state index in [1.54, 1.807) is 6.29 Å². The van der Waals surface area contributed by atoms with Gasteiger partial charge in [0, 0.05) is 26.2 Å². The zero-order valence-corrected chi connectivity index (χ0v) is 6.02. The summed E-state index contributed by atoms with van der Waals surface area (Å²) < 4.78 is 0. The summed E-state index contributed by atoms with van der Waals surface area (Å²) in [7, 11) is 0. The molecule has 0 amide bonds. The monoisotopic (exact) mass is 144 g/mol. The molecule has 0 aliphatic carbocycles. The molecule has 59 valence electrons. The van der Waals surface area contributed by atoms with Crippen LogP contribution in [-0.4, -0.2) is 39.0 Å². The summed E-state index contributed by atoms with van der Waals surface area (Å²) in [6.45, 7) is 3.42. The fourth-order valence-corrected chi connectivity index (χ4v) is 0.543. The highest BCUT2D eigenvalue weighted by Crippen LogP contribution is 1.56. The molecule has 0 aromatic heterocycles. The Morgan fingerprint density at radius 3 is 2.50 bits per heavy atom. The van der Waals surface area contributed by atoms with Crippen LogP contribution in [-0.2, 0) is 4.79 Å². The molecule has 0 heterocycles. The number of carbonyl (C=O) groups excluding carboxylic acids is 1. The van der Waals surface area contributed by atoms with Crippen molar-refractivity contribution in [3.63, 3.8) is 0 Å². The van der Waals surface area contributed by atoms with Crippen LogP contribution in [0.15, 0.2) is 0 Å². The first-order chi connectivity index (χ1) is 4.91. The van der Waals surface area contributed by atoms with Gasteiger partial charge in [0.15, 0.2) is 0 Å². The highest BCUT2D eigenvalue weighted by molar-refractivity contribution is 5.52. The van der Waals surface area contributed by atoms with Gasteiger partial charge in [0.25, 0.3) is 0 Å². The topological polar surface area (TPSA) is 67.2 Å². The fourth-order valence-electron chi connectivity index (χ4n) is 0.543. The maximum absolute atomic E-state index is 9.67. The molecule has 0 aliphatic heterocycles. The Bertz CT molecular complexity index is 77.4. The normalized spacial score (nSPS) is 9.70. The van der Waals surface area contributed by atoms with E-state index in [-0.39, 0.29) is 0 Å². The number of nitrogens with one attached hydrogen (secondary N) is 2. The van der Waals surface area contributed by atoms with Gasteiger partial charge in [-0.2, -0.15) is 0 Å². The van der Waals surface area contributed by atoms with Crippen molar-refractivity contribution in [3.8, 4) is 0 Å². The van der Waals surface area contributed by atoms with Gasteiger partial charge >= 0.3 is 0 Å². The minimum Gasteiger partial charge on any atom is -0.329 e. The van der Waals surface area contributed by atoms with E-state index in [0.717, 1.165) is 19.6 Å². The molecule has 0 aliphatic rings. The van der Waals surface area contributed by atoms with E-state index in [2.05, 4.69) is 10.6 Å². The number of rotatable bonds is 7. The van der Waals surface area contributed by atoms with E-state index in [9.17, 15) is 4.79 Å². The fraction of sp³-hybridized carbons (Fsp3) is 0.833. The Hall–Kier alpha value is -0.450. The van der Waals surface area contributed by atoms with Crippen molar-refractivity contribution in [2.45, 2.75) is 0 Å². The Morgan fingerprint density at radius 2 is 1.90 bits per heavy atom. The van der Waals surface area contributed by atoms with Gasteiger partial charge in [-0.3, -0.25) is 4.79 Å². The van der Waals surface area contributed by atoms with Crippen molar-refractivity contribution < 1.29 is 4.79 Å². The average Bonchev–Trinajstić information content (AvgIpc) is 1.97. The smallest absolute Gasteiger partial charge is 0.213 e. The molecule has 0 rings (SSSR count). The summed E-state index contributed by atoms with van der Waals surface area (Å²) in [4.78, 5) is 9.67. The van der Waals surface area contributed by atoms with Gasteiger partial charge in [0.1, 0.15) is 0 Å². The molecule has 0 aromatic rings. The highest BCUT2D eigenvalue weighted by Gasteiger charge is 1.84. The molecule has 0 saturated carbocycles. The van der Waals surface area contributed by atoms with Crippen molar-refractivity contribution in [1.29, 1.82) is 0 Å². The Morgan fingerprint density at radius 1 is 1.20 bits per heavy atom. The minimum absolute atomic E-state index is 0.310. The van der Waals surface area contributed by atoms with Crippen molar-refractivity contribution in [2.75, 3.05) is 32.7 Å². The lowest BCUT2D eigenvalue weighted by atomic mass is 10.5. The van der Waals surface area contributed by atoms with Crippen molar-refractivity contribution in [3.05, 3.63) is 0 Å². The van der Waals surface area contributed by atoms with E-state index in [1.165, 1.54) is 0 Å². The molecule has 0 atom stereocenters. The second kappa shape index (κ2) is 8.55. The summed E-state index contributed by atoms with van der Waals surface area (Å²) in [6.07, 6.45) is 1.75. The molecular weight excluding hydrogens is 130 g/mol. The molecule has 1 radical (unpaired) electrons. The van der Waals surface area contributed by atoms with Crippen LogP contribution < -0.4 is 16.4 Å². The molecule has 0 aromatic carbocycles. The van der Waals surface area contributed by atoms with Crippen LogP contribution in [0, 0.1) is 0 Å². The molecule has 0 fully saturated rings. The number of nitrogens with two attached hydrogens (primary N) is 1. The summed E-state index contributed by atoms with van der Waals surface area (Å²) in [5.41, 5.74) is 5.22. The summed E-state index contributed by atoms with van der Waals surface area (Å²) in [5.74, 6) is 0. The quantitative estimate of drug-likeness (QED) is 0.370. The van der Waals surface area contributed by atoms with Crippen LogP contribution in [0.5, 0.6) is 0 Å². The van der Waals surface area contributed by atoms with Crippen LogP contribution in [0.4, 0.5) is 0 Å². The summed E-state index contributed by atoms with van der Waals surface area (Å²) in [6, 6.07) is 0. The molecular formula is C6H14N3O. The second-order valence-electron chi connectivity index (χ2n) is 1.86. The van der Waals surface area contributed by atoms with Crippen LogP contribution in [0.1, 0.15) is 0 Å². The number of hydrogen-bond donors (Lipinski definition) is 3. The number of hydrogen-bond acceptors (Lipinski definition) is 4. The first-order valence-electron chi connectivity index (χ1n) is 3.38. The van der Waals surface area contributed by atoms with Crippen LogP contribution >= 0.6 is 0 Å². The van der Waals surface area contributed by atoms with E-state index in [0.29, 0.717) is 13.1 Å². The second-order valence-corrected chi connectivity index (χ2v) is 1.86. The zero-order chi connectivity index (χ0) is 7.66. The van der Waals surface area contributed by atoms with Gasteiger partial charge < -0.3 is 16.4 Å².